The molecule has 2 rings (SSSR count). The highest BCUT2D eigenvalue weighted by Gasteiger charge is 2.19. The van der Waals surface area contributed by atoms with Gasteiger partial charge in [0.15, 0.2) is 4.34 Å². The lowest BCUT2D eigenvalue weighted by Gasteiger charge is -2.08. The SMILES string of the molecule is Nc1nnc(SC2CCCNC(=O)C2)s1. The van der Waals surface area contributed by atoms with Crippen molar-refractivity contribution < 1.29 is 4.79 Å². The van der Waals surface area contributed by atoms with Crippen LogP contribution in [0, 0.1) is 0 Å². The number of carbonyl (C=O) groups excluding carboxylic acids is 1. The molecule has 1 aliphatic rings. The molecule has 1 aliphatic heterocycles. The van der Waals surface area contributed by atoms with E-state index in [0.717, 1.165) is 23.7 Å². The second-order valence-corrected chi connectivity index (χ2v) is 5.90. The number of anilines is 1. The Morgan fingerprint density at radius 3 is 3.13 bits per heavy atom. The van der Waals surface area contributed by atoms with Crippen LogP contribution in [0.2, 0.25) is 0 Å². The molecule has 5 nitrogen and oxygen atoms in total. The van der Waals surface area contributed by atoms with E-state index in [1.165, 1.54) is 11.3 Å². The first-order valence-corrected chi connectivity index (χ1v) is 6.46. The van der Waals surface area contributed by atoms with E-state index in [1.807, 2.05) is 0 Å². The van der Waals surface area contributed by atoms with Crippen LogP contribution in [0.5, 0.6) is 0 Å². The average Bonchev–Trinajstić information content (AvgIpc) is 2.46. The Hall–Kier alpha value is -0.820. The summed E-state index contributed by atoms with van der Waals surface area (Å²) in [5.74, 6) is 0.127. The normalized spacial score (nSPS) is 22.1. The van der Waals surface area contributed by atoms with Crippen LogP contribution in [-0.4, -0.2) is 27.9 Å². The lowest BCUT2D eigenvalue weighted by Crippen LogP contribution is -2.22. The molecule has 0 radical (unpaired) electrons. The fourth-order valence-electron chi connectivity index (χ4n) is 1.45. The summed E-state index contributed by atoms with van der Waals surface area (Å²) in [6.45, 7) is 0.786. The number of nitrogen functional groups attached to an aromatic ring is 1. The van der Waals surface area contributed by atoms with Crippen molar-refractivity contribution in [3.63, 3.8) is 0 Å². The van der Waals surface area contributed by atoms with Gasteiger partial charge in [-0.05, 0) is 12.8 Å². The Kier molecular flexibility index (Phi) is 3.42. The van der Waals surface area contributed by atoms with E-state index in [4.69, 9.17) is 5.73 Å². The summed E-state index contributed by atoms with van der Waals surface area (Å²) >= 11 is 2.98. The van der Waals surface area contributed by atoms with E-state index >= 15 is 0 Å². The predicted octanol–water partition coefficient (Wildman–Crippen LogP) is 0.881. The molecule has 1 aromatic heterocycles. The molecule has 7 heteroatoms. The van der Waals surface area contributed by atoms with Gasteiger partial charge in [0, 0.05) is 18.2 Å². The molecule has 0 spiro atoms. The van der Waals surface area contributed by atoms with Gasteiger partial charge in [-0.3, -0.25) is 4.79 Å². The van der Waals surface area contributed by atoms with Crippen LogP contribution in [0.3, 0.4) is 0 Å². The maximum atomic E-state index is 11.3. The lowest BCUT2D eigenvalue weighted by molar-refractivity contribution is -0.120. The number of nitrogens with zero attached hydrogens (tertiary/aromatic N) is 2. The Morgan fingerprint density at radius 1 is 1.53 bits per heavy atom. The Labute approximate surface area is 95.8 Å². The van der Waals surface area contributed by atoms with Crippen molar-refractivity contribution in [1.29, 1.82) is 0 Å². The molecule has 0 bridgehead atoms. The number of amides is 1. The first-order chi connectivity index (χ1) is 7.24. The summed E-state index contributed by atoms with van der Waals surface area (Å²) in [6, 6.07) is 0. The molecule has 1 aromatic rings. The van der Waals surface area contributed by atoms with Gasteiger partial charge in [-0.15, -0.1) is 10.2 Å². The summed E-state index contributed by atoms with van der Waals surface area (Å²) in [7, 11) is 0. The first kappa shape index (κ1) is 10.7. The summed E-state index contributed by atoms with van der Waals surface area (Å²) < 4.78 is 0.854. The molecule has 1 amide bonds. The maximum Gasteiger partial charge on any atom is 0.221 e. The number of thioether (sulfide) groups is 1. The Bertz CT molecular complexity index is 354. The zero-order chi connectivity index (χ0) is 10.7. The fourth-order valence-corrected chi connectivity index (χ4v) is 3.54. The summed E-state index contributed by atoms with van der Waals surface area (Å²) in [5.41, 5.74) is 5.49. The van der Waals surface area contributed by atoms with Crippen LogP contribution in [0.15, 0.2) is 4.34 Å². The third-order valence-electron chi connectivity index (χ3n) is 2.13. The van der Waals surface area contributed by atoms with Crippen molar-refractivity contribution in [2.45, 2.75) is 28.9 Å². The molecular formula is C8H12N4OS2. The highest BCUT2D eigenvalue weighted by molar-refractivity contribution is 8.01. The second kappa shape index (κ2) is 4.80. The minimum atomic E-state index is 0.127. The van der Waals surface area contributed by atoms with Gasteiger partial charge in [-0.25, -0.2) is 0 Å². The van der Waals surface area contributed by atoms with Crippen molar-refractivity contribution >= 4 is 34.1 Å². The molecule has 3 N–H and O–H groups in total. The quantitative estimate of drug-likeness (QED) is 0.807. The molecule has 1 atom stereocenters. The summed E-state index contributed by atoms with van der Waals surface area (Å²) in [5, 5.41) is 11.3. The van der Waals surface area contributed by atoms with Crippen LogP contribution in [0.4, 0.5) is 5.13 Å². The van der Waals surface area contributed by atoms with Crippen LogP contribution < -0.4 is 11.1 Å². The molecule has 0 aromatic carbocycles. The number of hydrogen-bond acceptors (Lipinski definition) is 6. The Balaban J connectivity index is 1.95. The standard InChI is InChI=1S/C8H12N4OS2/c9-7-11-12-8(15-7)14-5-2-1-3-10-6(13)4-5/h5H,1-4H2,(H2,9,11)(H,10,13). The molecule has 1 fully saturated rings. The largest absolute Gasteiger partial charge is 0.374 e. The van der Waals surface area contributed by atoms with E-state index in [1.54, 1.807) is 11.8 Å². The van der Waals surface area contributed by atoms with Crippen molar-refractivity contribution in [1.82, 2.24) is 15.5 Å². The monoisotopic (exact) mass is 244 g/mol. The number of nitrogens with two attached hydrogens (primary N) is 1. The number of rotatable bonds is 2. The van der Waals surface area contributed by atoms with Gasteiger partial charge in [-0.2, -0.15) is 0 Å². The average molecular weight is 244 g/mol. The van der Waals surface area contributed by atoms with Crippen molar-refractivity contribution in [2.75, 3.05) is 12.3 Å². The van der Waals surface area contributed by atoms with Crippen LogP contribution in [-0.2, 0) is 4.79 Å². The number of nitrogens with one attached hydrogen (secondary N) is 1. The number of aromatic nitrogens is 2. The minimum Gasteiger partial charge on any atom is -0.374 e. The zero-order valence-corrected chi connectivity index (χ0v) is 9.74. The summed E-state index contributed by atoms with van der Waals surface area (Å²) in [6.07, 6.45) is 2.62. The smallest absolute Gasteiger partial charge is 0.221 e. The molecular weight excluding hydrogens is 232 g/mol. The number of hydrogen-bond donors (Lipinski definition) is 2. The molecule has 1 unspecified atom stereocenters. The number of carbonyl (C=O) groups is 1. The highest BCUT2D eigenvalue weighted by Crippen LogP contribution is 2.32. The van der Waals surface area contributed by atoms with Gasteiger partial charge >= 0.3 is 0 Å². The molecule has 0 aliphatic carbocycles. The van der Waals surface area contributed by atoms with Gasteiger partial charge in [0.05, 0.1) is 0 Å². The minimum absolute atomic E-state index is 0.127. The molecule has 82 valence electrons. The third-order valence-corrected chi connectivity index (χ3v) is 4.23. The van der Waals surface area contributed by atoms with Gasteiger partial charge in [0.25, 0.3) is 0 Å². The summed E-state index contributed by atoms with van der Waals surface area (Å²) in [4.78, 5) is 11.3. The van der Waals surface area contributed by atoms with Crippen molar-refractivity contribution in [3.8, 4) is 0 Å². The second-order valence-electron chi connectivity index (χ2n) is 3.34. The maximum absolute atomic E-state index is 11.3. The van der Waals surface area contributed by atoms with Crippen molar-refractivity contribution in [3.05, 3.63) is 0 Å². The lowest BCUT2D eigenvalue weighted by atomic mass is 10.2. The molecule has 2 heterocycles. The first-order valence-electron chi connectivity index (χ1n) is 4.76. The van der Waals surface area contributed by atoms with Gasteiger partial charge in [-0.1, -0.05) is 23.1 Å². The van der Waals surface area contributed by atoms with Gasteiger partial charge in [0.1, 0.15) is 0 Å². The van der Waals surface area contributed by atoms with Crippen molar-refractivity contribution in [2.24, 2.45) is 0 Å². The van der Waals surface area contributed by atoms with E-state index in [-0.39, 0.29) is 5.91 Å². The van der Waals surface area contributed by atoms with E-state index in [2.05, 4.69) is 15.5 Å². The van der Waals surface area contributed by atoms with E-state index in [9.17, 15) is 4.79 Å². The molecule has 0 saturated carbocycles. The highest BCUT2D eigenvalue weighted by atomic mass is 32.2. The predicted molar refractivity (Wildman–Crippen MR) is 60.8 cm³/mol. The Morgan fingerprint density at radius 2 is 2.40 bits per heavy atom. The zero-order valence-electron chi connectivity index (χ0n) is 8.10. The van der Waals surface area contributed by atoms with E-state index < -0.39 is 0 Å². The molecule has 15 heavy (non-hydrogen) atoms. The third kappa shape index (κ3) is 3.07. The fraction of sp³-hybridized carbons (Fsp3) is 0.625. The molecule has 1 saturated heterocycles. The van der Waals surface area contributed by atoms with Gasteiger partial charge < -0.3 is 11.1 Å². The van der Waals surface area contributed by atoms with E-state index in [0.29, 0.717) is 16.8 Å². The topological polar surface area (TPSA) is 80.9 Å². The van der Waals surface area contributed by atoms with Crippen LogP contribution in [0.1, 0.15) is 19.3 Å². The van der Waals surface area contributed by atoms with Gasteiger partial charge in [0.2, 0.25) is 11.0 Å². The van der Waals surface area contributed by atoms with Crippen LogP contribution in [0.25, 0.3) is 0 Å². The van der Waals surface area contributed by atoms with Crippen LogP contribution >= 0.6 is 23.1 Å².